The number of nitrogens with one attached hydrogen (secondary N) is 1. The van der Waals surface area contributed by atoms with Crippen molar-refractivity contribution in [3.63, 3.8) is 0 Å². The summed E-state index contributed by atoms with van der Waals surface area (Å²) in [4.78, 5) is 14.6. The number of rotatable bonds is 7. The third-order valence-electron chi connectivity index (χ3n) is 4.60. The Labute approximate surface area is 144 Å². The van der Waals surface area contributed by atoms with Crippen LogP contribution in [0.2, 0.25) is 0 Å². The van der Waals surface area contributed by atoms with Gasteiger partial charge in [-0.05, 0) is 30.0 Å². The van der Waals surface area contributed by atoms with Gasteiger partial charge in [0.25, 0.3) is 0 Å². The van der Waals surface area contributed by atoms with Crippen LogP contribution >= 0.6 is 11.8 Å². The summed E-state index contributed by atoms with van der Waals surface area (Å²) < 4.78 is 0. The second-order valence-corrected chi connectivity index (χ2v) is 7.53. The topological polar surface area (TPSA) is 58.4 Å². The Kier molecular flexibility index (Phi) is 7.40. The van der Waals surface area contributed by atoms with E-state index in [0.29, 0.717) is 0 Å². The van der Waals surface area contributed by atoms with Crippen molar-refractivity contribution in [2.75, 3.05) is 36.5 Å². The van der Waals surface area contributed by atoms with Gasteiger partial charge in [-0.15, -0.1) is 0 Å². The van der Waals surface area contributed by atoms with Crippen molar-refractivity contribution in [1.29, 1.82) is 0 Å². The molecule has 2 atom stereocenters. The van der Waals surface area contributed by atoms with Crippen LogP contribution in [0.1, 0.15) is 25.8 Å². The number of nitrogens with two attached hydrogens (primary N) is 1. The largest absolute Gasteiger partial charge is 0.325 e. The monoisotopic (exact) mass is 335 g/mol. The smallest absolute Gasteiger partial charge is 0.241 e. The van der Waals surface area contributed by atoms with E-state index in [-0.39, 0.29) is 11.8 Å². The van der Waals surface area contributed by atoms with Gasteiger partial charge in [0.05, 0.1) is 6.04 Å². The van der Waals surface area contributed by atoms with Crippen LogP contribution in [0.15, 0.2) is 24.3 Å². The van der Waals surface area contributed by atoms with Crippen LogP contribution in [0.25, 0.3) is 0 Å². The van der Waals surface area contributed by atoms with Gasteiger partial charge in [0.15, 0.2) is 0 Å². The highest BCUT2D eigenvalue weighted by Crippen LogP contribution is 2.14. The molecule has 0 bridgehead atoms. The van der Waals surface area contributed by atoms with Crippen LogP contribution < -0.4 is 11.1 Å². The molecule has 0 aliphatic carbocycles. The lowest BCUT2D eigenvalue weighted by atomic mass is 9.99. The van der Waals surface area contributed by atoms with Crippen LogP contribution in [0.3, 0.4) is 0 Å². The molecule has 4 nitrogen and oxygen atoms in total. The highest BCUT2D eigenvalue weighted by molar-refractivity contribution is 7.99. The number of amides is 1. The second-order valence-electron chi connectivity index (χ2n) is 6.30. The summed E-state index contributed by atoms with van der Waals surface area (Å²) in [6.07, 6.45) is 1.97. The maximum absolute atomic E-state index is 12.1. The van der Waals surface area contributed by atoms with Gasteiger partial charge in [-0.25, -0.2) is 0 Å². The highest BCUT2D eigenvalue weighted by atomic mass is 32.2. The molecule has 128 valence electrons. The quantitative estimate of drug-likeness (QED) is 0.804. The van der Waals surface area contributed by atoms with Gasteiger partial charge in [0, 0.05) is 36.8 Å². The maximum atomic E-state index is 12.1. The Morgan fingerprint density at radius 3 is 2.57 bits per heavy atom. The summed E-state index contributed by atoms with van der Waals surface area (Å²) in [5, 5.41) is 2.91. The van der Waals surface area contributed by atoms with Crippen molar-refractivity contribution in [1.82, 2.24) is 4.90 Å². The minimum Gasteiger partial charge on any atom is -0.325 e. The van der Waals surface area contributed by atoms with E-state index in [1.807, 2.05) is 37.7 Å². The molecule has 0 aromatic heterocycles. The molecule has 1 aliphatic rings. The van der Waals surface area contributed by atoms with Gasteiger partial charge in [-0.1, -0.05) is 32.4 Å². The van der Waals surface area contributed by atoms with E-state index in [1.54, 1.807) is 0 Å². The third kappa shape index (κ3) is 5.83. The molecule has 0 saturated carbocycles. The van der Waals surface area contributed by atoms with Crippen molar-refractivity contribution < 1.29 is 4.79 Å². The summed E-state index contributed by atoms with van der Waals surface area (Å²) in [6.45, 7) is 7.57. The lowest BCUT2D eigenvalue weighted by Gasteiger charge is -2.26. The first kappa shape index (κ1) is 18.3. The molecule has 1 fully saturated rings. The predicted octanol–water partition coefficient (Wildman–Crippen LogP) is 2.59. The van der Waals surface area contributed by atoms with E-state index < -0.39 is 6.04 Å². The first-order chi connectivity index (χ1) is 11.1. The number of anilines is 1. The standard InChI is InChI=1S/C18H29N3OS/c1-3-14(2)17(19)18(22)20-16-6-4-15(5-7-16)8-9-21-10-12-23-13-11-21/h4-7,14,17H,3,8-13,19H2,1-2H3,(H,20,22). The Bertz CT molecular complexity index is 486. The Hall–Kier alpha value is -1.04. The number of thioether (sulfide) groups is 1. The van der Waals surface area contributed by atoms with Gasteiger partial charge in [-0.3, -0.25) is 4.79 Å². The van der Waals surface area contributed by atoms with E-state index in [0.717, 1.165) is 25.1 Å². The first-order valence-corrected chi connectivity index (χ1v) is 9.71. The lowest BCUT2D eigenvalue weighted by Crippen LogP contribution is -2.40. The van der Waals surface area contributed by atoms with Gasteiger partial charge in [0.1, 0.15) is 0 Å². The summed E-state index contributed by atoms with van der Waals surface area (Å²) in [5.41, 5.74) is 8.10. The molecule has 1 aromatic carbocycles. The van der Waals surface area contributed by atoms with Gasteiger partial charge >= 0.3 is 0 Å². The normalized spacial score (nSPS) is 18.4. The van der Waals surface area contributed by atoms with E-state index in [2.05, 4.69) is 22.3 Å². The number of benzene rings is 1. The molecule has 2 rings (SSSR count). The van der Waals surface area contributed by atoms with Crippen molar-refractivity contribution >= 4 is 23.4 Å². The number of hydrogen-bond acceptors (Lipinski definition) is 4. The summed E-state index contributed by atoms with van der Waals surface area (Å²) in [7, 11) is 0. The zero-order valence-corrected chi connectivity index (χ0v) is 15.1. The zero-order chi connectivity index (χ0) is 16.7. The van der Waals surface area contributed by atoms with E-state index >= 15 is 0 Å². The van der Waals surface area contributed by atoms with Crippen LogP contribution in [0, 0.1) is 5.92 Å². The predicted molar refractivity (Wildman–Crippen MR) is 100.0 cm³/mol. The molecule has 1 amide bonds. The third-order valence-corrected chi connectivity index (χ3v) is 5.54. The van der Waals surface area contributed by atoms with E-state index in [1.165, 1.54) is 30.2 Å². The lowest BCUT2D eigenvalue weighted by molar-refractivity contribution is -0.118. The number of nitrogens with zero attached hydrogens (tertiary/aromatic N) is 1. The molecule has 23 heavy (non-hydrogen) atoms. The summed E-state index contributed by atoms with van der Waals surface area (Å²) in [6, 6.07) is 7.70. The second kappa shape index (κ2) is 9.30. The molecular weight excluding hydrogens is 306 g/mol. The summed E-state index contributed by atoms with van der Waals surface area (Å²) in [5.74, 6) is 2.60. The Morgan fingerprint density at radius 2 is 1.96 bits per heavy atom. The van der Waals surface area contributed by atoms with E-state index in [4.69, 9.17) is 5.73 Å². The number of carbonyl (C=O) groups excluding carboxylic acids is 1. The molecule has 1 aliphatic heterocycles. The molecular formula is C18H29N3OS. The fraction of sp³-hybridized carbons (Fsp3) is 0.611. The molecule has 1 saturated heterocycles. The molecule has 2 unspecified atom stereocenters. The average Bonchev–Trinajstić information content (AvgIpc) is 2.60. The van der Waals surface area contributed by atoms with E-state index in [9.17, 15) is 4.79 Å². The minimum absolute atomic E-state index is 0.0992. The van der Waals surface area contributed by atoms with Crippen molar-refractivity contribution in [3.8, 4) is 0 Å². The molecule has 3 N–H and O–H groups in total. The van der Waals surface area contributed by atoms with Crippen LogP contribution in [-0.2, 0) is 11.2 Å². The first-order valence-electron chi connectivity index (χ1n) is 8.55. The van der Waals surface area contributed by atoms with Gasteiger partial charge < -0.3 is 16.0 Å². The molecule has 0 spiro atoms. The van der Waals surface area contributed by atoms with Gasteiger partial charge in [0.2, 0.25) is 5.91 Å². The van der Waals surface area contributed by atoms with Crippen molar-refractivity contribution in [2.24, 2.45) is 11.7 Å². The highest BCUT2D eigenvalue weighted by Gasteiger charge is 2.19. The fourth-order valence-electron chi connectivity index (χ4n) is 2.60. The average molecular weight is 336 g/mol. The Balaban J connectivity index is 1.80. The minimum atomic E-state index is -0.448. The summed E-state index contributed by atoms with van der Waals surface area (Å²) >= 11 is 2.04. The van der Waals surface area contributed by atoms with Crippen LogP contribution in [0.5, 0.6) is 0 Å². The van der Waals surface area contributed by atoms with Crippen molar-refractivity contribution in [3.05, 3.63) is 29.8 Å². The Morgan fingerprint density at radius 1 is 1.30 bits per heavy atom. The van der Waals surface area contributed by atoms with Gasteiger partial charge in [-0.2, -0.15) is 11.8 Å². The molecule has 1 heterocycles. The SMILES string of the molecule is CCC(C)C(N)C(=O)Nc1ccc(CCN2CCSCC2)cc1. The fourth-order valence-corrected chi connectivity index (χ4v) is 3.58. The zero-order valence-electron chi connectivity index (χ0n) is 14.3. The number of carbonyl (C=O) groups is 1. The molecule has 1 aromatic rings. The number of hydrogen-bond donors (Lipinski definition) is 2. The maximum Gasteiger partial charge on any atom is 0.241 e. The van der Waals surface area contributed by atoms with Crippen molar-refractivity contribution in [2.45, 2.75) is 32.7 Å². The van der Waals surface area contributed by atoms with Crippen LogP contribution in [0.4, 0.5) is 5.69 Å². The van der Waals surface area contributed by atoms with Crippen LogP contribution in [-0.4, -0.2) is 48.0 Å². The molecule has 5 heteroatoms. The molecule has 0 radical (unpaired) electrons.